The molecule has 0 fully saturated rings. The minimum atomic E-state index is -0.852. The molecule has 0 bridgehead atoms. The van der Waals surface area contributed by atoms with E-state index in [1.165, 1.54) is 5.56 Å². The number of phenols is 1. The smallest absolute Gasteiger partial charge is 0.224 e. The SMILES string of the molecule is NC(=O)CC(=O)C(CO)C(CCO)CC1CC(=O)c2c(O)ccc(-c3cccc(CNCc4ccccc4)c3)c2C1.O.[HH].[HH]. The molecular formula is C33H44N2O7. The minimum Gasteiger partial charge on any atom is -0.507 e. The number of hydrogen-bond acceptors (Lipinski definition) is 7. The van der Waals surface area contributed by atoms with E-state index in [9.17, 15) is 29.7 Å². The maximum absolute atomic E-state index is 13.3. The number of primary amides is 1. The van der Waals surface area contributed by atoms with E-state index in [0.717, 1.165) is 28.8 Å². The third kappa shape index (κ3) is 8.10. The minimum absolute atomic E-state index is 0. The average molecular weight is 581 g/mol. The lowest BCUT2D eigenvalue weighted by molar-refractivity contribution is -0.131. The maximum atomic E-state index is 13.3. The number of aromatic hydroxyl groups is 1. The third-order valence-electron chi connectivity index (χ3n) is 7.94. The summed E-state index contributed by atoms with van der Waals surface area (Å²) in [6, 6.07) is 21.6. The summed E-state index contributed by atoms with van der Waals surface area (Å²) in [5.74, 6) is -2.90. The van der Waals surface area contributed by atoms with Crippen LogP contribution in [0.3, 0.4) is 0 Å². The lowest BCUT2D eigenvalue weighted by Crippen LogP contribution is -2.33. The number of phenolic OH excluding ortho intramolecular Hbond substituents is 1. The zero-order valence-electron chi connectivity index (χ0n) is 23.6. The molecule has 9 nitrogen and oxygen atoms in total. The summed E-state index contributed by atoms with van der Waals surface area (Å²) in [6.07, 6.45) is 0.843. The van der Waals surface area contributed by atoms with Crippen LogP contribution in [0.1, 0.15) is 55.6 Å². The van der Waals surface area contributed by atoms with Crippen LogP contribution in [-0.4, -0.2) is 51.5 Å². The maximum Gasteiger partial charge on any atom is 0.224 e. The largest absolute Gasteiger partial charge is 0.507 e. The number of aliphatic hydroxyl groups excluding tert-OH is 2. The molecular weight excluding hydrogens is 536 g/mol. The molecule has 0 saturated carbocycles. The number of rotatable bonds is 14. The lowest BCUT2D eigenvalue weighted by atomic mass is 9.72. The molecule has 3 unspecified atom stereocenters. The van der Waals surface area contributed by atoms with Crippen molar-refractivity contribution in [2.75, 3.05) is 13.2 Å². The molecule has 0 aromatic heterocycles. The van der Waals surface area contributed by atoms with Gasteiger partial charge in [0.25, 0.3) is 0 Å². The number of carbonyl (C=O) groups is 3. The van der Waals surface area contributed by atoms with Gasteiger partial charge >= 0.3 is 0 Å². The van der Waals surface area contributed by atoms with E-state index in [0.29, 0.717) is 24.9 Å². The van der Waals surface area contributed by atoms with Crippen molar-refractivity contribution in [3.05, 3.63) is 89.0 Å². The first-order valence-electron chi connectivity index (χ1n) is 14.0. The Morgan fingerprint density at radius 2 is 1.69 bits per heavy atom. The Morgan fingerprint density at radius 1 is 0.976 bits per heavy atom. The molecule has 3 atom stereocenters. The van der Waals surface area contributed by atoms with E-state index in [4.69, 9.17) is 5.73 Å². The van der Waals surface area contributed by atoms with Gasteiger partial charge in [0.15, 0.2) is 5.78 Å². The van der Waals surface area contributed by atoms with Crippen molar-refractivity contribution < 1.29 is 38.0 Å². The Morgan fingerprint density at radius 3 is 2.38 bits per heavy atom. The Balaban J connectivity index is 0.00000323. The van der Waals surface area contributed by atoms with E-state index in [2.05, 4.69) is 23.5 Å². The number of carbonyl (C=O) groups excluding carboxylic acids is 3. The molecule has 4 rings (SSSR count). The molecule has 0 radical (unpaired) electrons. The number of Topliss-reactive ketones (excluding diaryl/α,β-unsaturated/α-hetero) is 2. The summed E-state index contributed by atoms with van der Waals surface area (Å²) < 4.78 is 0. The molecule has 1 aliphatic carbocycles. The zero-order chi connectivity index (χ0) is 29.4. The second-order valence-electron chi connectivity index (χ2n) is 10.9. The van der Waals surface area contributed by atoms with Crippen LogP contribution in [-0.2, 0) is 29.1 Å². The predicted molar refractivity (Wildman–Crippen MR) is 164 cm³/mol. The zero-order valence-corrected chi connectivity index (χ0v) is 23.6. The summed E-state index contributed by atoms with van der Waals surface area (Å²) in [5, 5.41) is 33.7. The molecule has 9 heteroatoms. The fourth-order valence-electron chi connectivity index (χ4n) is 6.01. The predicted octanol–water partition coefficient (Wildman–Crippen LogP) is 3.20. The molecule has 3 aromatic rings. The first-order chi connectivity index (χ1) is 19.8. The van der Waals surface area contributed by atoms with Crippen molar-refractivity contribution >= 4 is 17.5 Å². The van der Waals surface area contributed by atoms with Gasteiger partial charge in [0.1, 0.15) is 11.5 Å². The van der Waals surface area contributed by atoms with Crippen LogP contribution in [0.2, 0.25) is 0 Å². The van der Waals surface area contributed by atoms with E-state index in [1.807, 2.05) is 42.5 Å². The summed E-state index contributed by atoms with van der Waals surface area (Å²) >= 11 is 0. The molecule has 42 heavy (non-hydrogen) atoms. The Hall–Kier alpha value is -3.89. The standard InChI is InChI=1S/C33H38N2O6.H2O.2H2/c34-32(41)17-30(39)28(20-37)25(11-12-36)14-23-15-27-26(9-10-29(38)33(27)31(40)16-23)24-8-4-7-22(13-24)19-35-18-21-5-2-1-3-6-21;;;/h1-10,13,23,25,28,35-38H,11-12,14-20H2,(H2,34,41);1H2;2*1H. The van der Waals surface area contributed by atoms with E-state index in [1.54, 1.807) is 6.07 Å². The van der Waals surface area contributed by atoms with Crippen molar-refractivity contribution in [1.82, 2.24) is 5.32 Å². The summed E-state index contributed by atoms with van der Waals surface area (Å²) in [5.41, 5.74) is 10.4. The Labute approximate surface area is 248 Å². The van der Waals surface area contributed by atoms with Crippen LogP contribution in [0.25, 0.3) is 11.1 Å². The van der Waals surface area contributed by atoms with Gasteiger partial charge < -0.3 is 31.8 Å². The van der Waals surface area contributed by atoms with Crippen LogP contribution in [0.5, 0.6) is 5.75 Å². The molecule has 0 spiro atoms. The molecule has 0 aliphatic heterocycles. The van der Waals surface area contributed by atoms with Gasteiger partial charge in [-0.2, -0.15) is 0 Å². The molecule has 8 N–H and O–H groups in total. The van der Waals surface area contributed by atoms with Crippen LogP contribution >= 0.6 is 0 Å². The molecule has 1 amide bonds. The molecule has 228 valence electrons. The van der Waals surface area contributed by atoms with Gasteiger partial charge in [-0.05, 0) is 71.0 Å². The average Bonchev–Trinajstić information content (AvgIpc) is 2.94. The fourth-order valence-corrected chi connectivity index (χ4v) is 6.01. The number of aliphatic hydroxyl groups is 2. The highest BCUT2D eigenvalue weighted by Gasteiger charge is 2.35. The highest BCUT2D eigenvalue weighted by molar-refractivity contribution is 6.03. The normalized spacial score (nSPS) is 15.8. The number of benzene rings is 3. The number of hydrogen-bond donors (Lipinski definition) is 5. The van der Waals surface area contributed by atoms with Crippen LogP contribution < -0.4 is 11.1 Å². The fraction of sp³-hybridized carbons (Fsp3) is 0.364. The molecule has 0 saturated heterocycles. The van der Waals surface area contributed by atoms with Crippen LogP contribution in [0.4, 0.5) is 0 Å². The highest BCUT2D eigenvalue weighted by atomic mass is 16.3. The number of nitrogens with one attached hydrogen (secondary N) is 1. The monoisotopic (exact) mass is 580 g/mol. The first-order valence-corrected chi connectivity index (χ1v) is 14.0. The van der Waals surface area contributed by atoms with Gasteiger partial charge in [0.2, 0.25) is 5.91 Å². The van der Waals surface area contributed by atoms with Crippen molar-refractivity contribution in [2.24, 2.45) is 23.5 Å². The summed E-state index contributed by atoms with van der Waals surface area (Å²) in [7, 11) is 0. The van der Waals surface area contributed by atoms with E-state index >= 15 is 0 Å². The van der Waals surface area contributed by atoms with Gasteiger partial charge in [-0.1, -0.05) is 54.6 Å². The van der Waals surface area contributed by atoms with Gasteiger partial charge in [-0.3, -0.25) is 14.4 Å². The Bertz CT molecular complexity index is 1390. The van der Waals surface area contributed by atoms with E-state index < -0.39 is 36.6 Å². The van der Waals surface area contributed by atoms with Crippen molar-refractivity contribution in [1.29, 1.82) is 0 Å². The number of nitrogens with two attached hydrogens (primary N) is 1. The number of ketones is 2. The quantitative estimate of drug-likeness (QED) is 0.181. The van der Waals surface area contributed by atoms with Crippen LogP contribution in [0.15, 0.2) is 66.7 Å². The van der Waals surface area contributed by atoms with Gasteiger partial charge in [0.05, 0.1) is 18.6 Å². The topological polar surface area (TPSA) is 181 Å². The number of amides is 1. The summed E-state index contributed by atoms with van der Waals surface area (Å²) in [6.45, 7) is 0.738. The van der Waals surface area contributed by atoms with Gasteiger partial charge in [-0.25, -0.2) is 0 Å². The Kier molecular flexibility index (Phi) is 11.9. The van der Waals surface area contributed by atoms with Crippen LogP contribution in [0, 0.1) is 17.8 Å². The second kappa shape index (κ2) is 15.4. The molecule has 3 aromatic carbocycles. The second-order valence-corrected chi connectivity index (χ2v) is 10.9. The molecule has 1 aliphatic rings. The van der Waals surface area contributed by atoms with Crippen molar-refractivity contribution in [3.8, 4) is 16.9 Å². The highest BCUT2D eigenvalue weighted by Crippen LogP contribution is 2.41. The van der Waals surface area contributed by atoms with Gasteiger partial charge in [-0.15, -0.1) is 0 Å². The number of fused-ring (bicyclic) bond motifs is 1. The van der Waals surface area contributed by atoms with Crippen molar-refractivity contribution in [2.45, 2.75) is 45.2 Å². The molecule has 0 heterocycles. The lowest BCUT2D eigenvalue weighted by Gasteiger charge is -2.31. The first kappa shape index (κ1) is 32.6. The van der Waals surface area contributed by atoms with Gasteiger partial charge in [0, 0.05) is 34.9 Å². The third-order valence-corrected chi connectivity index (χ3v) is 7.94. The van der Waals surface area contributed by atoms with Crippen molar-refractivity contribution in [3.63, 3.8) is 0 Å². The summed E-state index contributed by atoms with van der Waals surface area (Å²) in [4.78, 5) is 37.3. The van der Waals surface area contributed by atoms with E-state index in [-0.39, 0.29) is 45.2 Å².